The van der Waals surface area contributed by atoms with Gasteiger partial charge in [-0.1, -0.05) is 89.3 Å². The van der Waals surface area contributed by atoms with Crippen LogP contribution in [0.1, 0.15) is 161 Å². The number of cyclic esters (lactones) is 1. The number of oxazole rings is 1. The van der Waals surface area contributed by atoms with Gasteiger partial charge in [0.15, 0.2) is 17.0 Å². The fourth-order valence-electron chi connectivity index (χ4n) is 18.6. The van der Waals surface area contributed by atoms with Gasteiger partial charge in [-0.3, -0.25) is 43.3 Å². The molecule has 1 saturated carbocycles. The van der Waals surface area contributed by atoms with Gasteiger partial charge in [0.1, 0.15) is 59.6 Å². The van der Waals surface area contributed by atoms with E-state index in [-0.39, 0.29) is 132 Å². The summed E-state index contributed by atoms with van der Waals surface area (Å²) in [5.74, 6) is -8.76. The Balaban J connectivity index is 0.545. The first-order valence-corrected chi connectivity index (χ1v) is 46.0. The Hall–Kier alpha value is -10.6. The average molecular weight is 1820 g/mol. The van der Waals surface area contributed by atoms with E-state index in [2.05, 4.69) is 42.4 Å². The number of esters is 2. The van der Waals surface area contributed by atoms with E-state index in [4.69, 9.17) is 58.9 Å². The molecule has 2 bridgehead atoms. The first kappa shape index (κ1) is 99.4. The van der Waals surface area contributed by atoms with Crippen molar-refractivity contribution in [3.05, 3.63) is 125 Å². The summed E-state index contributed by atoms with van der Waals surface area (Å²) in [6, 6.07) is 10.6. The number of carbonyl (C=O) groups excluding carboxylic acids is 9. The number of ether oxygens (including phenoxy) is 8. The third-order valence-corrected chi connectivity index (χ3v) is 26.4. The Labute approximate surface area is 765 Å². The van der Waals surface area contributed by atoms with Gasteiger partial charge in [0, 0.05) is 129 Å². The normalized spacial score (nSPS) is 27.2. The number of piperidine rings is 1. The summed E-state index contributed by atoms with van der Waals surface area (Å²) < 4.78 is 55.0. The Morgan fingerprint density at radius 1 is 0.756 bits per heavy atom. The van der Waals surface area contributed by atoms with E-state index in [1.54, 1.807) is 83.3 Å². The molecule has 12 rings (SSSR count). The molecule has 2 aromatic carbocycles. The third-order valence-electron chi connectivity index (χ3n) is 26.4. The van der Waals surface area contributed by atoms with Crippen LogP contribution >= 0.6 is 0 Å². The third kappa shape index (κ3) is 26.0. The molecule has 0 spiro atoms. The van der Waals surface area contributed by atoms with Gasteiger partial charge in [-0.15, -0.1) is 0 Å². The predicted molar refractivity (Wildman–Crippen MR) is 487 cm³/mol. The van der Waals surface area contributed by atoms with Crippen molar-refractivity contribution < 1.29 is 95.7 Å². The number of fused-ring (bicyclic) bond motifs is 6. The van der Waals surface area contributed by atoms with Crippen LogP contribution < -0.4 is 21.7 Å². The molecule has 4 amide bonds. The molecule has 6 aromatic rings. The van der Waals surface area contributed by atoms with Crippen LogP contribution in [-0.2, 0) is 107 Å². The van der Waals surface area contributed by atoms with Crippen molar-refractivity contribution in [1.82, 2.24) is 59.6 Å². The number of hydrogen-bond donors (Lipinski definition) is 5. The number of nitrogens with zero attached hydrogens (tertiary/aromatic N) is 12. The maximum absolute atomic E-state index is 14.8. The molecule has 710 valence electrons. The summed E-state index contributed by atoms with van der Waals surface area (Å²) in [6.45, 7) is 17.3. The van der Waals surface area contributed by atoms with Crippen LogP contribution in [0.3, 0.4) is 0 Å². The molecular formula is C96H131N15O20. The van der Waals surface area contributed by atoms with Crippen molar-refractivity contribution in [2.75, 3.05) is 130 Å². The zero-order valence-corrected chi connectivity index (χ0v) is 77.4. The molecule has 5 aliphatic heterocycles. The van der Waals surface area contributed by atoms with Gasteiger partial charge in [-0.05, 0) is 167 Å². The van der Waals surface area contributed by atoms with Crippen molar-refractivity contribution in [2.45, 2.75) is 219 Å². The number of rotatable bonds is 27. The number of aliphatic hydroxyl groups is 2. The molecule has 0 radical (unpaired) electrons. The van der Waals surface area contributed by atoms with E-state index in [9.17, 15) is 53.4 Å². The lowest BCUT2D eigenvalue weighted by Gasteiger charge is -2.42. The molecule has 15 atom stereocenters. The second-order valence-electron chi connectivity index (χ2n) is 36.2. The van der Waals surface area contributed by atoms with Gasteiger partial charge in [0.05, 0.1) is 76.2 Å². The lowest BCUT2D eigenvalue weighted by Crippen LogP contribution is -2.61. The largest absolute Gasteiger partial charge is 0.460 e. The first-order chi connectivity index (χ1) is 62.9. The Kier molecular flexibility index (Phi) is 35.4. The smallest absolute Gasteiger partial charge is 0.329 e. The minimum Gasteiger partial charge on any atom is -0.460 e. The van der Waals surface area contributed by atoms with Crippen molar-refractivity contribution >= 4 is 92.8 Å². The van der Waals surface area contributed by atoms with E-state index < -0.39 is 102 Å². The van der Waals surface area contributed by atoms with Crippen LogP contribution in [0.5, 0.6) is 0 Å². The molecule has 9 heterocycles. The monoisotopic (exact) mass is 1810 g/mol. The van der Waals surface area contributed by atoms with E-state index in [1.807, 2.05) is 83.8 Å². The number of Topliss-reactive ketones (excluding diaryl/α,β-unsaturated/α-hetero) is 3. The number of aromatic nitrogens is 7. The number of nitrogen functional groups attached to an aromatic ring is 2. The van der Waals surface area contributed by atoms with E-state index in [0.717, 1.165) is 33.4 Å². The highest BCUT2D eigenvalue weighted by Crippen LogP contribution is 2.40. The first-order valence-electron chi connectivity index (χ1n) is 46.0. The number of aliphatic hydroxyl groups excluding tert-OH is 1. The standard InChI is InChI=1S/C96H131N15O20/c1-58-17-13-12-14-18-59(2)77(123-9)49-71-26-20-64(7)96(122,131-71)89(119)92(120)110-33-16-15-19-73(110)93(121)129-78(50-74(112)60(3)44-63(6)87(118)88(125-11)86(117)62(5)43-58)61(4)45-65-22-27-76(79(47-65)124-10)128-83(116)29-23-67-51-100-95(101-52-67)108-37-35-107(36-38-108)82(115)56-106(8)55-80(113)99-32-40-127-42-41-126-39-31-81(114)109-34-30-68-46-66(21-24-70(68)54-109)53-111-91-84(90(97)102-57-103-91)85(105-111)69-25-28-75-72(48-69)104-94(98)130-75/h12-14,17-18,21,24-25,28,44,46,48,51-52,57-58,60-62,64-65,71,73,76-79,87-88,118,122H,15-16,19-20,22-23,26-27,29-43,45,47,49-50,53-56H2,1-11H3,(H2,98,104)(H,99,113)(H2,97,102,103)/b14-12+,17-13+,59-18+,63-44+/t58-,60-,61-,62-,64-,65+,71+,73+,76-,77+,78+,79-,87-,88+,96-/m1/s1. The molecule has 1 aliphatic carbocycles. The highest BCUT2D eigenvalue weighted by Gasteiger charge is 2.53. The van der Waals surface area contributed by atoms with E-state index in [0.29, 0.717) is 162 Å². The van der Waals surface area contributed by atoms with Crippen LogP contribution in [0.15, 0.2) is 107 Å². The summed E-state index contributed by atoms with van der Waals surface area (Å²) in [7, 11) is 6.21. The quantitative estimate of drug-likeness (QED) is 0.0141. The van der Waals surface area contributed by atoms with Gasteiger partial charge in [-0.2, -0.15) is 10.1 Å². The molecule has 7 N–H and O–H groups in total. The van der Waals surface area contributed by atoms with Gasteiger partial charge in [-0.25, -0.2) is 29.4 Å². The second-order valence-corrected chi connectivity index (χ2v) is 36.2. The van der Waals surface area contributed by atoms with Gasteiger partial charge >= 0.3 is 11.9 Å². The zero-order chi connectivity index (χ0) is 93.7. The topological polar surface area (TPSA) is 444 Å². The van der Waals surface area contributed by atoms with Crippen LogP contribution in [0.2, 0.25) is 0 Å². The highest BCUT2D eigenvalue weighted by atomic mass is 16.6. The Morgan fingerprint density at radius 3 is 2.28 bits per heavy atom. The number of methoxy groups -OCH3 is 3. The fourth-order valence-corrected chi connectivity index (χ4v) is 18.6. The molecule has 4 aromatic heterocycles. The van der Waals surface area contributed by atoms with Gasteiger partial charge in [0.25, 0.3) is 17.7 Å². The van der Waals surface area contributed by atoms with Crippen molar-refractivity contribution in [3.63, 3.8) is 0 Å². The summed E-state index contributed by atoms with van der Waals surface area (Å²) in [5.41, 5.74) is 20.5. The molecule has 131 heavy (non-hydrogen) atoms. The number of benzene rings is 2. The molecule has 35 heteroatoms. The van der Waals surface area contributed by atoms with Crippen LogP contribution in [0.4, 0.5) is 17.8 Å². The minimum atomic E-state index is -2.49. The maximum Gasteiger partial charge on any atom is 0.329 e. The number of anilines is 3. The summed E-state index contributed by atoms with van der Waals surface area (Å²) in [6.07, 6.45) is 15.9. The summed E-state index contributed by atoms with van der Waals surface area (Å²) in [5, 5.41) is 32.3. The second kappa shape index (κ2) is 46.6. The number of ketones is 3. The van der Waals surface area contributed by atoms with Gasteiger partial charge in [0.2, 0.25) is 29.5 Å². The summed E-state index contributed by atoms with van der Waals surface area (Å²) >= 11 is 0. The molecular weight excluding hydrogens is 1680 g/mol. The fraction of sp³-hybridized carbons (Fsp3) is 0.594. The Bertz CT molecular complexity index is 5100. The summed E-state index contributed by atoms with van der Waals surface area (Å²) in [4.78, 5) is 156. The molecule has 0 unspecified atom stereocenters. The molecule has 3 saturated heterocycles. The number of piperazine rings is 1. The number of carbonyl (C=O) groups is 9. The number of hydrogen-bond acceptors (Lipinski definition) is 30. The highest BCUT2D eigenvalue weighted by molar-refractivity contribution is 6.39. The van der Waals surface area contributed by atoms with Gasteiger partial charge < -0.3 is 88.9 Å². The van der Waals surface area contributed by atoms with Crippen molar-refractivity contribution in [3.8, 4) is 11.3 Å². The number of aryl methyl sites for hydroxylation is 1. The van der Waals surface area contributed by atoms with Crippen LogP contribution in [-0.4, -0.2) is 286 Å². The SMILES string of the molecule is CO[C@H]1C[C@@H]2CC[C@@H](C)[C@@](O)(O2)C(=O)C(=O)N2CCCC[C@H]2C(=O)O[C@H]([C@H](C)C[C@@H]2CC[C@@H](OC(=O)CCc3cnc(N4CCN(C(=O)CN(C)CC(=O)NCCOCCOCCC(=O)N5CCc6cc(Cn7nc(-c8ccc9oc(N)nc9c8)c8c(N)ncnc87)ccc6C5)CC4)nc3)[C@H](OC)C2)CC(=O)[C@H](C)/C=C(\C)[C@@H](O)[C@@H](OC)C(=O)[C@H](C)C[C@H](C)/C=C/C=C/C=C/1C. The number of amides is 4. The molecule has 4 fully saturated rings. The number of nitrogens with one attached hydrogen (secondary N) is 1. The molecule has 6 aliphatic rings. The number of allylic oxidation sites excluding steroid dienone is 6. The minimum absolute atomic E-state index is 0.00192. The van der Waals surface area contributed by atoms with Crippen molar-refractivity contribution in [1.29, 1.82) is 0 Å². The lowest BCUT2D eigenvalue weighted by atomic mass is 9.78. The van der Waals surface area contributed by atoms with Crippen molar-refractivity contribution in [2.24, 2.45) is 35.5 Å². The number of likely N-dealkylation sites (N-methyl/N-ethyl adjacent to an activating group) is 1. The zero-order valence-electron chi connectivity index (χ0n) is 77.4. The van der Waals surface area contributed by atoms with E-state index in [1.165, 1.54) is 18.3 Å². The molecule has 35 nitrogen and oxygen atoms in total. The number of nitrogens with two attached hydrogens (primary N) is 2. The van der Waals surface area contributed by atoms with Crippen LogP contribution in [0, 0.1) is 35.5 Å². The van der Waals surface area contributed by atoms with E-state index >= 15 is 0 Å². The van der Waals surface area contributed by atoms with Crippen LogP contribution in [0.25, 0.3) is 33.4 Å². The Morgan fingerprint density at radius 2 is 1.53 bits per heavy atom. The maximum atomic E-state index is 14.8. The predicted octanol–water partition coefficient (Wildman–Crippen LogP) is 8.02. The average Bonchev–Trinajstić information content (AvgIpc) is 1.55. The lowest BCUT2D eigenvalue weighted by molar-refractivity contribution is -0.265.